The zero-order chi connectivity index (χ0) is 14.5. The maximum atomic E-state index is 11.9. The lowest BCUT2D eigenvalue weighted by molar-refractivity contribution is -0.120. The second kappa shape index (κ2) is 6.70. The van der Waals surface area contributed by atoms with Crippen molar-refractivity contribution in [1.29, 1.82) is 0 Å². The summed E-state index contributed by atoms with van der Waals surface area (Å²) in [6, 6.07) is 5.44. The van der Waals surface area contributed by atoms with Crippen LogP contribution < -0.4 is 15.8 Å². The van der Waals surface area contributed by atoms with Gasteiger partial charge in [0.15, 0.2) is 0 Å². The predicted molar refractivity (Wildman–Crippen MR) is 80.6 cm³/mol. The molecule has 5 heteroatoms. The summed E-state index contributed by atoms with van der Waals surface area (Å²) in [5.41, 5.74) is 6.37. The van der Waals surface area contributed by atoms with E-state index in [2.05, 4.69) is 5.32 Å². The zero-order valence-electron chi connectivity index (χ0n) is 11.9. The van der Waals surface area contributed by atoms with Crippen LogP contribution in [0.2, 0.25) is 0 Å². The molecule has 0 heterocycles. The third kappa shape index (κ3) is 5.03. The van der Waals surface area contributed by atoms with E-state index in [1.165, 1.54) is 11.8 Å². The summed E-state index contributed by atoms with van der Waals surface area (Å²) in [5, 5.41) is 2.99. The number of nitrogens with two attached hydrogens (primary N) is 1. The number of nitrogen functional groups attached to an aromatic ring is 1. The van der Waals surface area contributed by atoms with Crippen molar-refractivity contribution in [2.45, 2.75) is 37.6 Å². The van der Waals surface area contributed by atoms with Crippen molar-refractivity contribution in [3.05, 3.63) is 18.2 Å². The standard InChI is InChI=1S/C14H22N2O2S/c1-5-14(2,3)16-13(17)9-19-12-8-10(18-4)6-7-11(12)15/h6-8H,5,9,15H2,1-4H3,(H,16,17). The monoisotopic (exact) mass is 282 g/mol. The van der Waals surface area contributed by atoms with Gasteiger partial charge in [-0.3, -0.25) is 4.79 Å². The average Bonchev–Trinajstić information content (AvgIpc) is 2.37. The lowest BCUT2D eigenvalue weighted by Gasteiger charge is -2.24. The molecule has 0 aromatic heterocycles. The molecule has 0 radical (unpaired) electrons. The summed E-state index contributed by atoms with van der Waals surface area (Å²) in [5.74, 6) is 1.10. The van der Waals surface area contributed by atoms with Gasteiger partial charge >= 0.3 is 0 Å². The highest BCUT2D eigenvalue weighted by molar-refractivity contribution is 8.00. The molecule has 106 valence electrons. The van der Waals surface area contributed by atoms with Crippen LogP contribution in [0.5, 0.6) is 5.75 Å². The molecule has 19 heavy (non-hydrogen) atoms. The van der Waals surface area contributed by atoms with Crippen molar-refractivity contribution in [3.8, 4) is 5.75 Å². The molecule has 0 saturated heterocycles. The van der Waals surface area contributed by atoms with Gasteiger partial charge < -0.3 is 15.8 Å². The molecular weight excluding hydrogens is 260 g/mol. The number of hydrogen-bond donors (Lipinski definition) is 2. The van der Waals surface area contributed by atoms with Crippen LogP contribution in [0.3, 0.4) is 0 Å². The fraction of sp³-hybridized carbons (Fsp3) is 0.500. The number of amides is 1. The highest BCUT2D eigenvalue weighted by Crippen LogP contribution is 2.29. The number of benzene rings is 1. The Hall–Kier alpha value is -1.36. The molecule has 0 atom stereocenters. The Bertz CT molecular complexity index is 447. The molecule has 1 aromatic carbocycles. The number of methoxy groups -OCH3 is 1. The number of anilines is 1. The van der Waals surface area contributed by atoms with E-state index in [0.717, 1.165) is 17.1 Å². The molecule has 0 fully saturated rings. The minimum atomic E-state index is -0.169. The summed E-state index contributed by atoms with van der Waals surface area (Å²) >= 11 is 1.42. The Balaban J connectivity index is 2.59. The van der Waals surface area contributed by atoms with Gasteiger partial charge in [-0.05, 0) is 38.5 Å². The SMILES string of the molecule is CCC(C)(C)NC(=O)CSc1cc(OC)ccc1N. The van der Waals surface area contributed by atoms with Crippen LogP contribution >= 0.6 is 11.8 Å². The van der Waals surface area contributed by atoms with Crippen LogP contribution in [0.1, 0.15) is 27.2 Å². The van der Waals surface area contributed by atoms with Gasteiger partial charge in [0.05, 0.1) is 12.9 Å². The molecular formula is C14H22N2O2S. The maximum absolute atomic E-state index is 11.9. The van der Waals surface area contributed by atoms with Gasteiger partial charge in [-0.25, -0.2) is 0 Å². The summed E-state index contributed by atoms with van der Waals surface area (Å²) in [7, 11) is 1.61. The minimum Gasteiger partial charge on any atom is -0.497 e. The summed E-state index contributed by atoms with van der Waals surface area (Å²) < 4.78 is 5.15. The molecule has 1 rings (SSSR count). The van der Waals surface area contributed by atoms with Gasteiger partial charge in [0, 0.05) is 16.1 Å². The van der Waals surface area contributed by atoms with E-state index in [-0.39, 0.29) is 11.4 Å². The lowest BCUT2D eigenvalue weighted by Crippen LogP contribution is -2.43. The fourth-order valence-corrected chi connectivity index (χ4v) is 2.20. The molecule has 3 N–H and O–H groups in total. The molecule has 0 unspecified atom stereocenters. The van der Waals surface area contributed by atoms with Crippen LogP contribution in [0.25, 0.3) is 0 Å². The van der Waals surface area contributed by atoms with Crippen molar-refractivity contribution in [2.24, 2.45) is 0 Å². The number of carbonyl (C=O) groups is 1. The first-order chi connectivity index (χ1) is 8.88. The Kier molecular flexibility index (Phi) is 5.54. The molecule has 0 bridgehead atoms. The van der Waals surface area contributed by atoms with Gasteiger partial charge in [-0.15, -0.1) is 11.8 Å². The van der Waals surface area contributed by atoms with Crippen LogP contribution in [-0.2, 0) is 4.79 Å². The quantitative estimate of drug-likeness (QED) is 0.622. The number of nitrogens with one attached hydrogen (secondary N) is 1. The summed E-state index contributed by atoms with van der Waals surface area (Å²) in [6.07, 6.45) is 0.894. The van der Waals surface area contributed by atoms with Gasteiger partial charge in [-0.2, -0.15) is 0 Å². The Morgan fingerprint density at radius 2 is 2.16 bits per heavy atom. The zero-order valence-corrected chi connectivity index (χ0v) is 12.8. The molecule has 0 aliphatic carbocycles. The largest absolute Gasteiger partial charge is 0.497 e. The average molecular weight is 282 g/mol. The molecule has 1 amide bonds. The summed E-state index contributed by atoms with van der Waals surface area (Å²) in [4.78, 5) is 12.7. The highest BCUT2D eigenvalue weighted by Gasteiger charge is 2.17. The van der Waals surface area contributed by atoms with Gasteiger partial charge in [0.2, 0.25) is 5.91 Å². The number of thioether (sulfide) groups is 1. The maximum Gasteiger partial charge on any atom is 0.230 e. The van der Waals surface area contributed by atoms with Crippen molar-refractivity contribution in [3.63, 3.8) is 0 Å². The van der Waals surface area contributed by atoms with Crippen molar-refractivity contribution in [1.82, 2.24) is 5.32 Å². The second-order valence-electron chi connectivity index (χ2n) is 4.98. The van der Waals surface area contributed by atoms with E-state index in [4.69, 9.17) is 10.5 Å². The van der Waals surface area contributed by atoms with E-state index < -0.39 is 0 Å². The number of ether oxygens (including phenoxy) is 1. The van der Waals surface area contributed by atoms with Crippen LogP contribution in [0.15, 0.2) is 23.1 Å². The van der Waals surface area contributed by atoms with E-state index in [1.54, 1.807) is 19.2 Å². The first kappa shape index (κ1) is 15.7. The van der Waals surface area contributed by atoms with E-state index >= 15 is 0 Å². The van der Waals surface area contributed by atoms with Crippen molar-refractivity contribution < 1.29 is 9.53 Å². The molecule has 0 spiro atoms. The van der Waals surface area contributed by atoms with Crippen molar-refractivity contribution in [2.75, 3.05) is 18.6 Å². The minimum absolute atomic E-state index is 0.0130. The topological polar surface area (TPSA) is 64.3 Å². The molecule has 0 aliphatic rings. The normalized spacial score (nSPS) is 11.2. The lowest BCUT2D eigenvalue weighted by atomic mass is 10.0. The Morgan fingerprint density at radius 3 is 2.74 bits per heavy atom. The van der Waals surface area contributed by atoms with E-state index in [9.17, 15) is 4.79 Å². The van der Waals surface area contributed by atoms with E-state index in [1.807, 2.05) is 26.8 Å². The fourth-order valence-electron chi connectivity index (χ4n) is 1.41. The van der Waals surface area contributed by atoms with Gasteiger partial charge in [-0.1, -0.05) is 6.92 Å². The van der Waals surface area contributed by atoms with Gasteiger partial charge in [0.25, 0.3) is 0 Å². The van der Waals surface area contributed by atoms with Crippen molar-refractivity contribution >= 4 is 23.4 Å². The first-order valence-corrected chi connectivity index (χ1v) is 7.24. The second-order valence-corrected chi connectivity index (χ2v) is 6.00. The van der Waals surface area contributed by atoms with E-state index in [0.29, 0.717) is 11.4 Å². The predicted octanol–water partition coefficient (Wildman–Crippen LogP) is 2.67. The summed E-state index contributed by atoms with van der Waals surface area (Å²) in [6.45, 7) is 6.07. The molecule has 4 nitrogen and oxygen atoms in total. The van der Waals surface area contributed by atoms with Gasteiger partial charge in [0.1, 0.15) is 5.75 Å². The molecule has 0 aliphatic heterocycles. The third-order valence-electron chi connectivity index (χ3n) is 2.94. The smallest absolute Gasteiger partial charge is 0.230 e. The highest BCUT2D eigenvalue weighted by atomic mass is 32.2. The first-order valence-electron chi connectivity index (χ1n) is 6.25. The Labute approximate surface area is 119 Å². The van der Waals surface area contributed by atoms with Crippen LogP contribution in [-0.4, -0.2) is 24.3 Å². The third-order valence-corrected chi connectivity index (χ3v) is 4.01. The van der Waals surface area contributed by atoms with Crippen LogP contribution in [0.4, 0.5) is 5.69 Å². The molecule has 0 saturated carbocycles. The number of rotatable bonds is 6. The number of hydrogen-bond acceptors (Lipinski definition) is 4. The van der Waals surface area contributed by atoms with Crippen LogP contribution in [0, 0.1) is 0 Å². The Morgan fingerprint density at radius 1 is 1.47 bits per heavy atom. The molecule has 1 aromatic rings. The number of carbonyl (C=O) groups excluding carboxylic acids is 1.